The third-order valence-electron chi connectivity index (χ3n) is 7.17. The van der Waals surface area contributed by atoms with Crippen LogP contribution in [-0.4, -0.2) is 84.8 Å². The van der Waals surface area contributed by atoms with Crippen molar-refractivity contribution in [3.8, 4) is 0 Å². The molecule has 3 atom stereocenters. The van der Waals surface area contributed by atoms with Crippen molar-refractivity contribution in [3.63, 3.8) is 0 Å². The first-order valence-electron chi connectivity index (χ1n) is 13.8. The van der Waals surface area contributed by atoms with Crippen molar-refractivity contribution in [1.82, 2.24) is 20.9 Å². The van der Waals surface area contributed by atoms with E-state index >= 15 is 0 Å². The number of fused-ring (bicyclic) bond motifs is 1. The van der Waals surface area contributed by atoms with Gasteiger partial charge in [0.2, 0.25) is 11.8 Å². The minimum Gasteiger partial charge on any atom is -0.390 e. The number of ether oxygens (including phenoxy) is 1. The molecule has 0 aliphatic carbocycles. The highest BCUT2D eigenvalue weighted by molar-refractivity contribution is 5.94. The first-order valence-corrected chi connectivity index (χ1v) is 13.8. The first-order chi connectivity index (χ1) is 18.5. The lowest BCUT2D eigenvalue weighted by Gasteiger charge is -2.32. The molecule has 0 bridgehead atoms. The summed E-state index contributed by atoms with van der Waals surface area (Å²) in [6, 6.07) is 12.4. The Labute approximate surface area is 231 Å². The second kappa shape index (κ2) is 13.9. The number of benzene rings is 2. The number of carbonyl (C=O) groups excluding carboxylic acids is 3. The van der Waals surface area contributed by atoms with E-state index in [1.165, 1.54) is 7.11 Å². The Hall–Kier alpha value is -3.01. The normalized spacial score (nSPS) is 17.3. The fourth-order valence-electron chi connectivity index (χ4n) is 4.75. The minimum atomic E-state index is -1.05. The molecule has 0 spiro atoms. The quantitative estimate of drug-likeness (QED) is 0.309. The molecular formula is C30H44N4O5. The largest absolute Gasteiger partial charge is 0.390 e. The summed E-state index contributed by atoms with van der Waals surface area (Å²) >= 11 is 0. The molecule has 9 nitrogen and oxygen atoms in total. The Morgan fingerprint density at radius 2 is 1.79 bits per heavy atom. The lowest BCUT2D eigenvalue weighted by molar-refractivity contribution is -0.154. The summed E-state index contributed by atoms with van der Waals surface area (Å²) in [5.41, 5.74) is -0.155. The van der Waals surface area contributed by atoms with E-state index in [9.17, 15) is 19.5 Å². The third kappa shape index (κ3) is 8.49. The van der Waals surface area contributed by atoms with Crippen LogP contribution in [0, 0.1) is 5.92 Å². The fraction of sp³-hybridized carbons (Fsp3) is 0.567. The monoisotopic (exact) mass is 540 g/mol. The molecule has 2 aromatic carbocycles. The second-order valence-corrected chi connectivity index (χ2v) is 11.3. The average molecular weight is 541 g/mol. The molecule has 3 rings (SSSR count). The summed E-state index contributed by atoms with van der Waals surface area (Å²) in [4.78, 5) is 41.4. The summed E-state index contributed by atoms with van der Waals surface area (Å²) in [7, 11) is 1.47. The summed E-state index contributed by atoms with van der Waals surface area (Å²) < 4.78 is 5.35. The third-order valence-corrected chi connectivity index (χ3v) is 7.17. The van der Waals surface area contributed by atoms with Crippen molar-refractivity contribution in [2.45, 2.75) is 70.7 Å². The van der Waals surface area contributed by atoms with Crippen molar-refractivity contribution < 1.29 is 24.2 Å². The van der Waals surface area contributed by atoms with Gasteiger partial charge >= 0.3 is 0 Å². The van der Waals surface area contributed by atoms with Crippen molar-refractivity contribution in [2.24, 2.45) is 5.92 Å². The number of aliphatic hydroxyl groups excluding tert-OH is 1. The number of hydrogen-bond donors (Lipinski definition) is 4. The van der Waals surface area contributed by atoms with Crippen LogP contribution in [0.3, 0.4) is 0 Å². The highest BCUT2D eigenvalue weighted by Crippen LogP contribution is 2.23. The second-order valence-electron chi connectivity index (χ2n) is 11.3. The molecule has 4 N–H and O–H groups in total. The smallest absolute Gasteiger partial charge is 0.254 e. The molecule has 9 heteroatoms. The standard InChI is InChI=1S/C30H44N4O5/c1-20(2)17-31-18-24(35)19-32-27(36)25(16-21-12-13-22-9-6-7-10-23(22)15-21)33-28(37)26-11-8-14-34(26)29(38)30(3,4)39-5/h6-7,9-10,12-13,15,20,24-26,31,35H,8,11,14,16-19H2,1-5H3,(H,32,36)(H,33,37). The van der Waals surface area contributed by atoms with Crippen LogP contribution in [0.1, 0.15) is 46.1 Å². The highest BCUT2D eigenvalue weighted by Gasteiger charge is 2.41. The predicted molar refractivity (Wildman–Crippen MR) is 152 cm³/mol. The summed E-state index contributed by atoms with van der Waals surface area (Å²) in [6.07, 6.45) is 0.723. The van der Waals surface area contributed by atoms with E-state index in [0.717, 1.165) is 22.9 Å². The molecule has 214 valence electrons. The fourth-order valence-corrected chi connectivity index (χ4v) is 4.75. The number of rotatable bonds is 13. The molecule has 1 aliphatic rings. The topological polar surface area (TPSA) is 120 Å². The van der Waals surface area contributed by atoms with Gasteiger partial charge in [-0.3, -0.25) is 14.4 Å². The number of nitrogens with one attached hydrogen (secondary N) is 3. The van der Waals surface area contributed by atoms with E-state index in [0.29, 0.717) is 31.8 Å². The van der Waals surface area contributed by atoms with E-state index in [-0.39, 0.29) is 30.7 Å². The molecule has 3 unspecified atom stereocenters. The molecule has 3 amide bonds. The van der Waals surface area contributed by atoms with Gasteiger partial charge in [-0.2, -0.15) is 0 Å². The molecule has 0 saturated carbocycles. The van der Waals surface area contributed by atoms with Crippen molar-refractivity contribution in [1.29, 1.82) is 0 Å². The molecule has 2 aromatic rings. The number of amides is 3. The number of carbonyl (C=O) groups is 3. The zero-order valence-electron chi connectivity index (χ0n) is 23.8. The lowest BCUT2D eigenvalue weighted by Crippen LogP contribution is -2.57. The van der Waals surface area contributed by atoms with Gasteiger partial charge in [0, 0.05) is 33.2 Å². The van der Waals surface area contributed by atoms with E-state index in [2.05, 4.69) is 29.8 Å². The molecule has 1 heterocycles. The molecule has 1 aliphatic heterocycles. The van der Waals surface area contributed by atoms with Crippen LogP contribution in [0.25, 0.3) is 10.8 Å². The molecule has 1 fully saturated rings. The van der Waals surface area contributed by atoms with Gasteiger partial charge in [0.1, 0.15) is 17.7 Å². The van der Waals surface area contributed by atoms with Gasteiger partial charge in [-0.15, -0.1) is 0 Å². The van der Waals surface area contributed by atoms with Crippen molar-refractivity contribution in [3.05, 3.63) is 48.0 Å². The first kappa shape index (κ1) is 30.5. The molecule has 0 aromatic heterocycles. The van der Waals surface area contributed by atoms with Crippen molar-refractivity contribution >= 4 is 28.5 Å². The van der Waals surface area contributed by atoms with E-state index < -0.39 is 23.8 Å². The Balaban J connectivity index is 1.73. The van der Waals surface area contributed by atoms with E-state index in [1.807, 2.05) is 42.5 Å². The number of aliphatic hydroxyl groups is 1. The maximum Gasteiger partial charge on any atom is 0.254 e. The number of methoxy groups -OCH3 is 1. The van der Waals surface area contributed by atoms with Crippen LogP contribution in [0.15, 0.2) is 42.5 Å². The SMILES string of the molecule is COC(C)(C)C(=O)N1CCCC1C(=O)NC(Cc1ccc2ccccc2c1)C(=O)NCC(O)CNCC(C)C. The van der Waals surface area contributed by atoms with Crippen LogP contribution in [0.2, 0.25) is 0 Å². The predicted octanol–water partition coefficient (Wildman–Crippen LogP) is 2.01. The summed E-state index contributed by atoms with van der Waals surface area (Å²) in [5.74, 6) is -0.555. The number of nitrogens with zero attached hydrogens (tertiary/aromatic N) is 1. The van der Waals surface area contributed by atoms with Crippen LogP contribution in [0.4, 0.5) is 0 Å². The Morgan fingerprint density at radius 3 is 2.49 bits per heavy atom. The van der Waals surface area contributed by atoms with E-state index in [1.54, 1.807) is 18.7 Å². The Morgan fingerprint density at radius 1 is 1.08 bits per heavy atom. The summed E-state index contributed by atoms with van der Waals surface area (Å²) in [5, 5.41) is 21.3. The van der Waals surface area contributed by atoms with E-state index in [4.69, 9.17) is 4.74 Å². The zero-order chi connectivity index (χ0) is 28.6. The van der Waals surface area contributed by atoms with Gasteiger partial charge in [-0.1, -0.05) is 56.3 Å². The van der Waals surface area contributed by atoms with Gasteiger partial charge < -0.3 is 30.7 Å². The maximum absolute atomic E-state index is 13.5. The number of likely N-dealkylation sites (tertiary alicyclic amines) is 1. The summed E-state index contributed by atoms with van der Waals surface area (Å²) in [6.45, 7) is 9.16. The van der Waals surface area contributed by atoms with Gasteiger partial charge in [-0.05, 0) is 55.5 Å². The van der Waals surface area contributed by atoms with Crippen LogP contribution in [0.5, 0.6) is 0 Å². The maximum atomic E-state index is 13.5. The van der Waals surface area contributed by atoms with Gasteiger partial charge in [0.25, 0.3) is 5.91 Å². The minimum absolute atomic E-state index is 0.0596. The van der Waals surface area contributed by atoms with Gasteiger partial charge in [-0.25, -0.2) is 0 Å². The average Bonchev–Trinajstić information content (AvgIpc) is 3.40. The van der Waals surface area contributed by atoms with Crippen LogP contribution in [-0.2, 0) is 25.5 Å². The zero-order valence-corrected chi connectivity index (χ0v) is 23.8. The van der Waals surface area contributed by atoms with Crippen molar-refractivity contribution in [2.75, 3.05) is 33.3 Å². The Bertz CT molecular complexity index is 1140. The molecule has 39 heavy (non-hydrogen) atoms. The highest BCUT2D eigenvalue weighted by atomic mass is 16.5. The van der Waals surface area contributed by atoms with Crippen LogP contribution >= 0.6 is 0 Å². The molecular weight excluding hydrogens is 496 g/mol. The van der Waals surface area contributed by atoms with Crippen LogP contribution < -0.4 is 16.0 Å². The Kier molecular flexibility index (Phi) is 10.9. The molecule has 0 radical (unpaired) electrons. The lowest BCUT2D eigenvalue weighted by atomic mass is 10.0. The van der Waals surface area contributed by atoms with Gasteiger partial charge in [0.15, 0.2) is 0 Å². The van der Waals surface area contributed by atoms with Gasteiger partial charge in [0.05, 0.1) is 6.10 Å². The number of hydrogen-bond acceptors (Lipinski definition) is 6. The molecule has 1 saturated heterocycles.